The van der Waals surface area contributed by atoms with Crippen LogP contribution >= 0.6 is 0 Å². The van der Waals surface area contributed by atoms with E-state index in [1.165, 1.54) is 0 Å². The van der Waals surface area contributed by atoms with Gasteiger partial charge in [-0.1, -0.05) is 19.1 Å². The van der Waals surface area contributed by atoms with Crippen molar-refractivity contribution in [2.45, 2.75) is 26.3 Å². The Hall–Kier alpha value is -2.82. The Morgan fingerprint density at radius 2 is 1.75 bits per heavy atom. The highest BCUT2D eigenvalue weighted by Crippen LogP contribution is 2.25. The molecule has 0 aliphatic carbocycles. The number of hydrogen-bond donors (Lipinski definition) is 0. The third-order valence-electron chi connectivity index (χ3n) is 4.08. The number of aryl methyl sites for hydroxylation is 1. The van der Waals surface area contributed by atoms with Gasteiger partial charge in [-0.05, 0) is 37.6 Å². The minimum Gasteiger partial charge on any atom is -0.351 e. The lowest BCUT2D eigenvalue weighted by molar-refractivity contribution is 0.702. The fourth-order valence-electron chi connectivity index (χ4n) is 2.47. The Morgan fingerprint density at radius 3 is 2.38 bits per heavy atom. The summed E-state index contributed by atoms with van der Waals surface area (Å²) in [5.41, 5.74) is 2.80. The molecule has 5 nitrogen and oxygen atoms in total. The van der Waals surface area contributed by atoms with E-state index in [1.54, 1.807) is 6.20 Å². The number of anilines is 1. The van der Waals surface area contributed by atoms with Gasteiger partial charge in [-0.25, -0.2) is 9.97 Å². The zero-order valence-electron chi connectivity index (χ0n) is 14.2. The van der Waals surface area contributed by atoms with E-state index < -0.39 is 0 Å². The first-order valence-corrected chi connectivity index (χ1v) is 8.12. The molecule has 0 saturated carbocycles. The van der Waals surface area contributed by atoms with E-state index in [0.717, 1.165) is 29.3 Å². The van der Waals surface area contributed by atoms with Crippen molar-refractivity contribution >= 4 is 5.82 Å². The third kappa shape index (κ3) is 3.40. The quantitative estimate of drug-likeness (QED) is 0.718. The van der Waals surface area contributed by atoms with Gasteiger partial charge in [0.05, 0.1) is 11.7 Å². The zero-order valence-corrected chi connectivity index (χ0v) is 14.2. The lowest BCUT2D eigenvalue weighted by atomic mass is 10.2. The van der Waals surface area contributed by atoms with E-state index in [0.29, 0.717) is 5.82 Å². The molecule has 24 heavy (non-hydrogen) atoms. The fourth-order valence-corrected chi connectivity index (χ4v) is 2.47. The molecule has 0 radical (unpaired) electrons. The first-order valence-electron chi connectivity index (χ1n) is 8.12. The fraction of sp³-hybridized carbons (Fsp3) is 0.263. The Labute approximate surface area is 142 Å². The molecule has 3 heterocycles. The summed E-state index contributed by atoms with van der Waals surface area (Å²) in [7, 11) is 2.03. The summed E-state index contributed by atoms with van der Waals surface area (Å²) in [6.45, 7) is 4.22. The minimum absolute atomic E-state index is 0.113. The van der Waals surface area contributed by atoms with Crippen LogP contribution in [0.25, 0.3) is 11.5 Å². The molecule has 0 amide bonds. The Kier molecular flexibility index (Phi) is 4.79. The molecule has 5 heteroatoms. The van der Waals surface area contributed by atoms with E-state index in [4.69, 9.17) is 4.98 Å². The van der Waals surface area contributed by atoms with Crippen molar-refractivity contribution in [2.75, 3.05) is 11.9 Å². The van der Waals surface area contributed by atoms with Gasteiger partial charge in [0.25, 0.3) is 0 Å². The van der Waals surface area contributed by atoms with Crippen LogP contribution in [0.1, 0.15) is 31.3 Å². The average molecular weight is 319 g/mol. The van der Waals surface area contributed by atoms with Crippen molar-refractivity contribution < 1.29 is 0 Å². The Morgan fingerprint density at radius 1 is 1.00 bits per heavy atom. The highest BCUT2D eigenvalue weighted by molar-refractivity contribution is 5.54. The smallest absolute Gasteiger partial charge is 0.180 e. The molecule has 0 aromatic carbocycles. The highest BCUT2D eigenvalue weighted by atomic mass is 15.2. The zero-order chi connectivity index (χ0) is 16.9. The van der Waals surface area contributed by atoms with Crippen LogP contribution in [0.15, 0.2) is 54.9 Å². The highest BCUT2D eigenvalue weighted by Gasteiger charge is 2.17. The lowest BCUT2D eigenvalue weighted by Gasteiger charge is -2.26. The van der Waals surface area contributed by atoms with E-state index in [9.17, 15) is 0 Å². The van der Waals surface area contributed by atoms with Crippen molar-refractivity contribution in [3.63, 3.8) is 0 Å². The topological polar surface area (TPSA) is 54.8 Å². The molecule has 3 aromatic rings. The molecular weight excluding hydrogens is 298 g/mol. The molecule has 0 saturated heterocycles. The standard InChI is InChI=1S/C19H21N5/c1-4-15-13-18(23-19(22-15)17-10-6-8-12-21-17)24(3)14(2)16-9-5-7-11-20-16/h5-14H,4H2,1-3H3. The average Bonchev–Trinajstić information content (AvgIpc) is 2.67. The molecule has 1 atom stereocenters. The van der Waals surface area contributed by atoms with Gasteiger partial charge in [-0.2, -0.15) is 0 Å². The lowest BCUT2D eigenvalue weighted by Crippen LogP contribution is -2.24. The van der Waals surface area contributed by atoms with Crippen LogP contribution in [0.4, 0.5) is 5.82 Å². The van der Waals surface area contributed by atoms with Crippen LogP contribution in [0, 0.1) is 0 Å². The van der Waals surface area contributed by atoms with Crippen molar-refractivity contribution in [2.24, 2.45) is 0 Å². The molecular formula is C19H21N5. The molecule has 3 aromatic heterocycles. The molecule has 0 N–H and O–H groups in total. The van der Waals surface area contributed by atoms with Crippen molar-refractivity contribution in [1.82, 2.24) is 19.9 Å². The Bertz CT molecular complexity index is 789. The number of rotatable bonds is 5. The number of nitrogens with zero attached hydrogens (tertiary/aromatic N) is 5. The van der Waals surface area contributed by atoms with Gasteiger partial charge >= 0.3 is 0 Å². The summed E-state index contributed by atoms with van der Waals surface area (Å²) >= 11 is 0. The van der Waals surface area contributed by atoms with E-state index in [1.807, 2.05) is 55.7 Å². The molecule has 122 valence electrons. The summed E-state index contributed by atoms with van der Waals surface area (Å²) < 4.78 is 0. The largest absolute Gasteiger partial charge is 0.351 e. The van der Waals surface area contributed by atoms with Gasteiger partial charge in [0.1, 0.15) is 11.5 Å². The normalized spacial score (nSPS) is 12.0. The maximum atomic E-state index is 4.72. The summed E-state index contributed by atoms with van der Waals surface area (Å²) in [6, 6.07) is 13.9. The monoisotopic (exact) mass is 319 g/mol. The van der Waals surface area contributed by atoms with E-state index in [2.05, 4.69) is 33.7 Å². The SMILES string of the molecule is CCc1cc(N(C)C(C)c2ccccn2)nc(-c2ccccn2)n1. The predicted octanol–water partition coefficient (Wildman–Crippen LogP) is 3.69. The van der Waals surface area contributed by atoms with E-state index in [-0.39, 0.29) is 6.04 Å². The molecule has 1 unspecified atom stereocenters. The van der Waals surface area contributed by atoms with Gasteiger partial charge in [0.15, 0.2) is 5.82 Å². The Balaban J connectivity index is 1.98. The number of aromatic nitrogens is 4. The second kappa shape index (κ2) is 7.17. The molecule has 0 aliphatic rings. The summed E-state index contributed by atoms with van der Waals surface area (Å²) in [6.07, 6.45) is 4.43. The number of pyridine rings is 2. The van der Waals surface area contributed by atoms with Crippen molar-refractivity contribution in [1.29, 1.82) is 0 Å². The summed E-state index contributed by atoms with van der Waals surface area (Å²) in [5, 5.41) is 0. The van der Waals surface area contributed by atoms with Gasteiger partial charge in [0.2, 0.25) is 0 Å². The van der Waals surface area contributed by atoms with Crippen LogP contribution in [0.3, 0.4) is 0 Å². The summed E-state index contributed by atoms with van der Waals surface area (Å²) in [5.74, 6) is 1.53. The van der Waals surface area contributed by atoms with Crippen LogP contribution in [-0.4, -0.2) is 27.0 Å². The molecule has 0 fully saturated rings. The minimum atomic E-state index is 0.113. The van der Waals surface area contributed by atoms with Crippen LogP contribution in [0.2, 0.25) is 0 Å². The third-order valence-corrected chi connectivity index (χ3v) is 4.08. The van der Waals surface area contributed by atoms with Gasteiger partial charge in [-0.3, -0.25) is 9.97 Å². The molecule has 0 spiro atoms. The van der Waals surface area contributed by atoms with Crippen molar-refractivity contribution in [3.05, 3.63) is 66.2 Å². The van der Waals surface area contributed by atoms with Gasteiger partial charge in [0, 0.05) is 31.2 Å². The maximum absolute atomic E-state index is 4.72. The van der Waals surface area contributed by atoms with Crippen molar-refractivity contribution in [3.8, 4) is 11.5 Å². The van der Waals surface area contributed by atoms with Gasteiger partial charge in [-0.15, -0.1) is 0 Å². The second-order valence-corrected chi connectivity index (χ2v) is 5.65. The predicted molar refractivity (Wildman–Crippen MR) is 95.7 cm³/mol. The second-order valence-electron chi connectivity index (χ2n) is 5.65. The van der Waals surface area contributed by atoms with Crippen LogP contribution in [-0.2, 0) is 6.42 Å². The molecule has 3 rings (SSSR count). The first kappa shape index (κ1) is 16.1. The molecule has 0 aliphatic heterocycles. The van der Waals surface area contributed by atoms with Gasteiger partial charge < -0.3 is 4.90 Å². The van der Waals surface area contributed by atoms with Crippen LogP contribution in [0.5, 0.6) is 0 Å². The van der Waals surface area contributed by atoms with E-state index >= 15 is 0 Å². The first-order chi connectivity index (χ1) is 11.7. The number of hydrogen-bond acceptors (Lipinski definition) is 5. The van der Waals surface area contributed by atoms with Crippen LogP contribution < -0.4 is 4.90 Å². The molecule has 0 bridgehead atoms. The summed E-state index contributed by atoms with van der Waals surface area (Å²) in [4.78, 5) is 20.3. The maximum Gasteiger partial charge on any atom is 0.180 e.